The molecule has 164 valence electrons. The van der Waals surface area contributed by atoms with Gasteiger partial charge in [0.25, 0.3) is 5.91 Å². The molecule has 6 nitrogen and oxygen atoms in total. The number of carbonyl (C=O) groups is 1. The molecule has 9 heteroatoms. The van der Waals surface area contributed by atoms with Crippen molar-refractivity contribution in [3.63, 3.8) is 0 Å². The van der Waals surface area contributed by atoms with Gasteiger partial charge >= 0.3 is 0 Å². The van der Waals surface area contributed by atoms with Crippen molar-refractivity contribution >= 4 is 67.5 Å². The van der Waals surface area contributed by atoms with E-state index >= 15 is 0 Å². The highest BCUT2D eigenvalue weighted by atomic mass is 79.9. The summed E-state index contributed by atoms with van der Waals surface area (Å²) in [7, 11) is 0. The summed E-state index contributed by atoms with van der Waals surface area (Å²) in [5.74, 6) is 0.427. The maximum atomic E-state index is 12.9. The van der Waals surface area contributed by atoms with Crippen LogP contribution in [-0.4, -0.2) is 30.7 Å². The molecule has 0 radical (unpaired) electrons. The lowest BCUT2D eigenvalue weighted by Gasteiger charge is -2.44. The van der Waals surface area contributed by atoms with Crippen molar-refractivity contribution in [3.05, 3.63) is 93.4 Å². The van der Waals surface area contributed by atoms with E-state index < -0.39 is 5.38 Å². The standard InChI is InChI=1S/C24H17BrClN5OS/c25-15-11-9-14(10-12-15)22-21(26)23(32)31(22)30-20(27-28-24(30)33)13-29-18-7-3-1-5-16(18)17-6-2-4-8-19(17)29/h1-12,21-22H,13H2,(H,28,33). The Hall–Kier alpha value is -2.94. The quantitative estimate of drug-likeness (QED) is 0.182. The van der Waals surface area contributed by atoms with Gasteiger partial charge in [-0.25, -0.2) is 9.69 Å². The first-order valence-electron chi connectivity index (χ1n) is 10.4. The van der Waals surface area contributed by atoms with Crippen LogP contribution in [0.15, 0.2) is 77.3 Å². The van der Waals surface area contributed by atoms with Crippen LogP contribution in [-0.2, 0) is 11.3 Å². The zero-order valence-electron chi connectivity index (χ0n) is 17.2. The van der Waals surface area contributed by atoms with Crippen LogP contribution >= 0.6 is 39.7 Å². The van der Waals surface area contributed by atoms with E-state index in [0.717, 1.165) is 21.1 Å². The van der Waals surface area contributed by atoms with Gasteiger partial charge in [0.15, 0.2) is 5.82 Å². The largest absolute Gasteiger partial charge is 0.333 e. The molecular weight excluding hydrogens is 522 g/mol. The average Bonchev–Trinajstić information content (AvgIpc) is 3.36. The molecule has 0 aliphatic carbocycles. The third-order valence-corrected chi connectivity index (χ3v) is 7.34. The molecule has 3 aromatic carbocycles. The number of benzene rings is 3. The van der Waals surface area contributed by atoms with Crippen LogP contribution in [0, 0.1) is 4.77 Å². The van der Waals surface area contributed by atoms with Crippen molar-refractivity contribution in [2.75, 3.05) is 5.01 Å². The molecule has 33 heavy (non-hydrogen) atoms. The third-order valence-electron chi connectivity index (χ3n) is 6.13. The highest BCUT2D eigenvalue weighted by Gasteiger charge is 2.49. The summed E-state index contributed by atoms with van der Waals surface area (Å²) in [6.45, 7) is 0.435. The number of carbonyl (C=O) groups excluding carboxylic acids is 1. The number of nitrogens with zero attached hydrogens (tertiary/aromatic N) is 4. The zero-order chi connectivity index (χ0) is 22.7. The first kappa shape index (κ1) is 20.7. The molecule has 5 aromatic rings. The molecule has 0 spiro atoms. The fourth-order valence-corrected chi connectivity index (χ4v) is 5.45. The summed E-state index contributed by atoms with van der Waals surface area (Å²) in [6, 6.07) is 24.0. The summed E-state index contributed by atoms with van der Waals surface area (Å²) < 4.78 is 5.20. The van der Waals surface area contributed by atoms with Crippen molar-refractivity contribution in [2.24, 2.45) is 0 Å². The summed E-state index contributed by atoms with van der Waals surface area (Å²) in [6.07, 6.45) is 0. The number of hydrogen-bond donors (Lipinski definition) is 1. The van der Waals surface area contributed by atoms with Crippen LogP contribution < -0.4 is 5.01 Å². The SMILES string of the molecule is O=C1C(Cl)C(c2ccc(Br)cc2)N1n1c(Cn2c3ccccc3c3ccccc32)n[nH]c1=S. The molecule has 3 heterocycles. The number of amides is 1. The van der Waals surface area contributed by atoms with Crippen molar-refractivity contribution < 1.29 is 4.79 Å². The van der Waals surface area contributed by atoms with Gasteiger partial charge in [0.1, 0.15) is 11.4 Å². The van der Waals surface area contributed by atoms with Crippen LogP contribution in [0.1, 0.15) is 17.4 Å². The molecule has 6 rings (SSSR count). The highest BCUT2D eigenvalue weighted by molar-refractivity contribution is 9.10. The van der Waals surface area contributed by atoms with Gasteiger partial charge in [0.2, 0.25) is 4.77 Å². The van der Waals surface area contributed by atoms with E-state index in [4.69, 9.17) is 23.8 Å². The van der Waals surface area contributed by atoms with Crippen LogP contribution in [0.3, 0.4) is 0 Å². The average molecular weight is 539 g/mol. The number of para-hydroxylation sites is 2. The summed E-state index contributed by atoms with van der Waals surface area (Å²) in [4.78, 5) is 12.9. The minimum atomic E-state index is -0.663. The molecule has 1 saturated heterocycles. The van der Waals surface area contributed by atoms with Crippen LogP contribution in [0.2, 0.25) is 0 Å². The van der Waals surface area contributed by atoms with Crippen molar-refractivity contribution in [1.29, 1.82) is 0 Å². The normalized spacial score (nSPS) is 18.2. The first-order valence-corrected chi connectivity index (χ1v) is 12.0. The summed E-state index contributed by atoms with van der Waals surface area (Å²) in [5, 5.41) is 10.6. The lowest BCUT2D eigenvalue weighted by Crippen LogP contribution is -2.62. The van der Waals surface area contributed by atoms with Gasteiger partial charge in [-0.1, -0.05) is 64.5 Å². The number of aromatic nitrogens is 4. The lowest BCUT2D eigenvalue weighted by molar-refractivity contribution is -0.126. The smallest absolute Gasteiger partial charge is 0.262 e. The van der Waals surface area contributed by atoms with Crippen molar-refractivity contribution in [2.45, 2.75) is 18.0 Å². The molecule has 2 atom stereocenters. The summed E-state index contributed by atoms with van der Waals surface area (Å²) >= 11 is 15.5. The number of alkyl halides is 1. The summed E-state index contributed by atoms with van der Waals surface area (Å²) in [5.41, 5.74) is 3.12. The van der Waals surface area contributed by atoms with E-state index in [1.54, 1.807) is 9.69 Å². The van der Waals surface area contributed by atoms with Crippen molar-refractivity contribution in [3.8, 4) is 0 Å². The second-order valence-electron chi connectivity index (χ2n) is 7.96. The molecule has 1 aliphatic rings. The maximum Gasteiger partial charge on any atom is 0.262 e. The van der Waals surface area contributed by atoms with E-state index in [0.29, 0.717) is 17.1 Å². The Balaban J connectivity index is 1.47. The Morgan fingerprint density at radius 2 is 1.58 bits per heavy atom. The number of hydrogen-bond acceptors (Lipinski definition) is 3. The van der Waals surface area contributed by atoms with Gasteiger partial charge in [-0.05, 0) is 42.0 Å². The first-order chi connectivity index (χ1) is 16.0. The molecular formula is C24H17BrClN5OS. The van der Waals surface area contributed by atoms with Gasteiger partial charge in [0.05, 0.1) is 6.54 Å². The minimum Gasteiger partial charge on any atom is -0.333 e. The number of fused-ring (bicyclic) bond motifs is 3. The Kier molecular flexibility index (Phi) is 4.90. The number of nitrogens with one attached hydrogen (secondary N) is 1. The van der Waals surface area contributed by atoms with E-state index in [1.807, 2.05) is 48.5 Å². The molecule has 1 fully saturated rings. The minimum absolute atomic E-state index is 0.203. The highest BCUT2D eigenvalue weighted by Crippen LogP contribution is 2.38. The Morgan fingerprint density at radius 3 is 2.21 bits per heavy atom. The van der Waals surface area contributed by atoms with Crippen LogP contribution in [0.5, 0.6) is 0 Å². The third kappa shape index (κ3) is 3.16. The number of halogens is 2. The molecule has 0 bridgehead atoms. The van der Waals surface area contributed by atoms with E-state index in [9.17, 15) is 4.79 Å². The van der Waals surface area contributed by atoms with Gasteiger partial charge in [-0.15, -0.1) is 11.6 Å². The number of β-lactam (4-membered cyclic amide) rings is 1. The number of rotatable bonds is 4. The van der Waals surface area contributed by atoms with Crippen LogP contribution in [0.25, 0.3) is 21.8 Å². The van der Waals surface area contributed by atoms with Gasteiger partial charge in [-0.2, -0.15) is 5.10 Å². The van der Waals surface area contributed by atoms with E-state index in [-0.39, 0.29) is 11.9 Å². The van der Waals surface area contributed by atoms with Gasteiger partial charge in [-0.3, -0.25) is 9.89 Å². The Labute approximate surface area is 207 Å². The van der Waals surface area contributed by atoms with E-state index in [2.05, 4.69) is 55.0 Å². The predicted octanol–water partition coefficient (Wildman–Crippen LogP) is 5.69. The molecule has 2 aromatic heterocycles. The van der Waals surface area contributed by atoms with Gasteiger partial charge < -0.3 is 4.57 Å². The fourth-order valence-electron chi connectivity index (χ4n) is 4.60. The lowest BCUT2D eigenvalue weighted by atomic mass is 9.95. The monoisotopic (exact) mass is 537 g/mol. The molecule has 1 N–H and O–H groups in total. The number of H-pyrrole nitrogens is 1. The fraction of sp³-hybridized carbons (Fsp3) is 0.125. The second-order valence-corrected chi connectivity index (χ2v) is 9.73. The molecule has 1 amide bonds. The topological polar surface area (TPSA) is 58.9 Å². The predicted molar refractivity (Wildman–Crippen MR) is 136 cm³/mol. The Morgan fingerprint density at radius 1 is 0.970 bits per heavy atom. The van der Waals surface area contributed by atoms with E-state index in [1.165, 1.54) is 10.8 Å². The second kappa shape index (κ2) is 7.83. The van der Waals surface area contributed by atoms with Gasteiger partial charge in [0, 0.05) is 26.3 Å². The van der Waals surface area contributed by atoms with Crippen LogP contribution in [0.4, 0.5) is 0 Å². The molecule has 2 unspecified atom stereocenters. The van der Waals surface area contributed by atoms with Crippen molar-refractivity contribution in [1.82, 2.24) is 19.4 Å². The molecule has 1 aliphatic heterocycles. The maximum absolute atomic E-state index is 12.9. The zero-order valence-corrected chi connectivity index (χ0v) is 20.3. The number of aromatic amines is 1. The molecule has 0 saturated carbocycles. The Bertz CT molecular complexity index is 1540.